The van der Waals surface area contributed by atoms with E-state index in [4.69, 9.17) is 9.47 Å². The zero-order valence-electron chi connectivity index (χ0n) is 9.05. The van der Waals surface area contributed by atoms with E-state index in [0.717, 1.165) is 25.7 Å². The summed E-state index contributed by atoms with van der Waals surface area (Å²) >= 11 is 0. The molecule has 1 heterocycles. The molecule has 0 aromatic rings. The molecular weight excluding hydrogens is 176 g/mol. The summed E-state index contributed by atoms with van der Waals surface area (Å²) in [4.78, 5) is 0. The van der Waals surface area contributed by atoms with Gasteiger partial charge in [0.05, 0.1) is 12.4 Å². The van der Waals surface area contributed by atoms with Crippen LogP contribution in [0, 0.1) is 5.92 Å². The smallest absolute Gasteiger partial charge is 0.0954 e. The molecule has 0 aromatic carbocycles. The molecule has 3 aliphatic rings. The first-order valence-corrected chi connectivity index (χ1v) is 5.81. The maximum atomic E-state index is 5.52. The quantitative estimate of drug-likeness (QED) is 0.676. The Balaban J connectivity index is 0.000000157. The average Bonchev–Trinajstić information content (AvgIpc) is 2.62. The van der Waals surface area contributed by atoms with Gasteiger partial charge in [0.1, 0.15) is 0 Å². The number of hydrogen-bond donors (Lipinski definition) is 0. The Labute approximate surface area is 86.3 Å². The minimum Gasteiger partial charge on any atom is -0.498 e. The van der Waals surface area contributed by atoms with Crippen molar-refractivity contribution < 1.29 is 9.47 Å². The van der Waals surface area contributed by atoms with Crippen LogP contribution in [-0.2, 0) is 9.47 Å². The Bertz CT molecular complexity index is 212. The molecule has 1 unspecified atom stereocenters. The molecule has 1 saturated heterocycles. The maximum Gasteiger partial charge on any atom is 0.0954 e. The van der Waals surface area contributed by atoms with E-state index in [-0.39, 0.29) is 0 Å². The first-order chi connectivity index (χ1) is 6.90. The summed E-state index contributed by atoms with van der Waals surface area (Å²) in [6.45, 7) is 4.92. The van der Waals surface area contributed by atoms with E-state index in [1.54, 1.807) is 5.57 Å². The van der Waals surface area contributed by atoms with Crippen molar-refractivity contribution in [2.75, 3.05) is 19.8 Å². The number of ether oxygens (including phenoxy) is 2. The molecule has 0 spiro atoms. The lowest BCUT2D eigenvalue weighted by Gasteiger charge is -2.11. The molecule has 2 fully saturated rings. The molecule has 80 valence electrons. The van der Waals surface area contributed by atoms with Crippen LogP contribution >= 0.6 is 0 Å². The molecule has 0 amide bonds. The number of allylic oxidation sites excluding steroid dienone is 2. The van der Waals surface area contributed by atoms with Crippen LogP contribution in [0.5, 0.6) is 0 Å². The van der Waals surface area contributed by atoms with Gasteiger partial charge in [-0.25, -0.2) is 0 Å². The standard InChI is InChI=1S/C9H14O.C3H6O/c1-2-10-9-6-7-3-4-8(9)5-7;1-2-4-3-1/h7H,2-6H2,1H3;1-3H2. The van der Waals surface area contributed by atoms with E-state index in [2.05, 4.69) is 6.92 Å². The third-order valence-electron chi connectivity index (χ3n) is 3.15. The molecule has 0 aromatic heterocycles. The highest BCUT2D eigenvalue weighted by Gasteiger charge is 2.30. The van der Waals surface area contributed by atoms with Gasteiger partial charge in [-0.1, -0.05) is 0 Å². The molecular formula is C12H20O2. The Morgan fingerprint density at radius 3 is 2.43 bits per heavy atom. The maximum absolute atomic E-state index is 5.52. The lowest BCUT2D eigenvalue weighted by Crippen LogP contribution is -2.09. The summed E-state index contributed by atoms with van der Waals surface area (Å²) in [6, 6.07) is 0. The second-order valence-electron chi connectivity index (χ2n) is 4.24. The topological polar surface area (TPSA) is 18.5 Å². The predicted molar refractivity (Wildman–Crippen MR) is 56.0 cm³/mol. The Morgan fingerprint density at radius 2 is 2.07 bits per heavy atom. The second kappa shape index (κ2) is 4.83. The highest BCUT2D eigenvalue weighted by atomic mass is 16.5. The van der Waals surface area contributed by atoms with E-state index in [9.17, 15) is 0 Å². The minimum atomic E-state index is 0.853. The van der Waals surface area contributed by atoms with Gasteiger partial charge in [0.2, 0.25) is 0 Å². The predicted octanol–water partition coefficient (Wildman–Crippen LogP) is 2.89. The van der Waals surface area contributed by atoms with Crippen LogP contribution in [0.2, 0.25) is 0 Å². The summed E-state index contributed by atoms with van der Waals surface area (Å²) in [5.74, 6) is 2.29. The van der Waals surface area contributed by atoms with Crippen LogP contribution < -0.4 is 0 Å². The van der Waals surface area contributed by atoms with Gasteiger partial charge in [0.15, 0.2) is 0 Å². The van der Waals surface area contributed by atoms with Crippen LogP contribution in [0.4, 0.5) is 0 Å². The SMILES string of the molecule is C1COC1.CCOC1=C2CCC(C2)C1. The molecule has 1 atom stereocenters. The molecule has 2 aliphatic carbocycles. The number of hydrogen-bond acceptors (Lipinski definition) is 2. The summed E-state index contributed by atoms with van der Waals surface area (Å²) in [6.07, 6.45) is 6.60. The molecule has 1 aliphatic heterocycles. The van der Waals surface area contributed by atoms with Gasteiger partial charge in [0, 0.05) is 19.6 Å². The minimum absolute atomic E-state index is 0.853. The van der Waals surface area contributed by atoms with Crippen molar-refractivity contribution >= 4 is 0 Å². The molecule has 2 bridgehead atoms. The van der Waals surface area contributed by atoms with Crippen LogP contribution in [0.15, 0.2) is 11.3 Å². The van der Waals surface area contributed by atoms with E-state index in [0.29, 0.717) is 0 Å². The Kier molecular flexibility index (Phi) is 3.46. The van der Waals surface area contributed by atoms with Gasteiger partial charge in [-0.05, 0) is 44.1 Å². The highest BCUT2D eigenvalue weighted by Crippen LogP contribution is 2.44. The van der Waals surface area contributed by atoms with Crippen molar-refractivity contribution in [2.45, 2.75) is 39.0 Å². The van der Waals surface area contributed by atoms with Gasteiger partial charge in [-0.2, -0.15) is 0 Å². The Hall–Kier alpha value is -0.500. The fourth-order valence-corrected chi connectivity index (χ4v) is 2.24. The van der Waals surface area contributed by atoms with Gasteiger partial charge in [0.25, 0.3) is 0 Å². The van der Waals surface area contributed by atoms with E-state index >= 15 is 0 Å². The lowest BCUT2D eigenvalue weighted by atomic mass is 10.1. The van der Waals surface area contributed by atoms with Crippen molar-refractivity contribution in [3.8, 4) is 0 Å². The van der Waals surface area contributed by atoms with E-state index < -0.39 is 0 Å². The van der Waals surface area contributed by atoms with E-state index in [1.165, 1.54) is 37.9 Å². The van der Waals surface area contributed by atoms with Crippen molar-refractivity contribution in [1.29, 1.82) is 0 Å². The summed E-state index contributed by atoms with van der Waals surface area (Å²) in [5.41, 5.74) is 1.62. The molecule has 1 saturated carbocycles. The third-order valence-corrected chi connectivity index (χ3v) is 3.15. The monoisotopic (exact) mass is 196 g/mol. The highest BCUT2D eigenvalue weighted by molar-refractivity contribution is 5.21. The van der Waals surface area contributed by atoms with Crippen LogP contribution in [0.3, 0.4) is 0 Å². The van der Waals surface area contributed by atoms with Crippen LogP contribution in [-0.4, -0.2) is 19.8 Å². The zero-order chi connectivity index (χ0) is 9.80. The largest absolute Gasteiger partial charge is 0.498 e. The van der Waals surface area contributed by atoms with Crippen LogP contribution in [0.1, 0.15) is 39.0 Å². The first-order valence-electron chi connectivity index (χ1n) is 5.81. The lowest BCUT2D eigenvalue weighted by molar-refractivity contribution is 0.0367. The molecule has 14 heavy (non-hydrogen) atoms. The third kappa shape index (κ3) is 2.30. The number of rotatable bonds is 2. The molecule has 0 N–H and O–H groups in total. The second-order valence-corrected chi connectivity index (χ2v) is 4.24. The molecule has 0 radical (unpaired) electrons. The van der Waals surface area contributed by atoms with Gasteiger partial charge < -0.3 is 9.47 Å². The van der Waals surface area contributed by atoms with Gasteiger partial charge in [-0.3, -0.25) is 0 Å². The van der Waals surface area contributed by atoms with Crippen LogP contribution in [0.25, 0.3) is 0 Å². The summed E-state index contributed by atoms with van der Waals surface area (Å²) < 4.78 is 10.2. The molecule has 3 rings (SSSR count). The van der Waals surface area contributed by atoms with Crippen molar-refractivity contribution in [3.63, 3.8) is 0 Å². The molecule has 2 nitrogen and oxygen atoms in total. The summed E-state index contributed by atoms with van der Waals surface area (Å²) in [5, 5.41) is 0. The summed E-state index contributed by atoms with van der Waals surface area (Å²) in [7, 11) is 0. The fraction of sp³-hybridized carbons (Fsp3) is 0.833. The van der Waals surface area contributed by atoms with Crippen molar-refractivity contribution in [2.24, 2.45) is 5.92 Å². The van der Waals surface area contributed by atoms with Gasteiger partial charge in [-0.15, -0.1) is 0 Å². The zero-order valence-corrected chi connectivity index (χ0v) is 9.05. The Morgan fingerprint density at radius 1 is 1.36 bits per heavy atom. The average molecular weight is 196 g/mol. The van der Waals surface area contributed by atoms with E-state index in [1.807, 2.05) is 0 Å². The van der Waals surface area contributed by atoms with Gasteiger partial charge >= 0.3 is 0 Å². The normalized spacial score (nSPS) is 28.2. The number of fused-ring (bicyclic) bond motifs is 2. The molecule has 2 heteroatoms. The first kappa shape index (κ1) is 10.0. The fourth-order valence-electron chi connectivity index (χ4n) is 2.24. The van der Waals surface area contributed by atoms with Crippen molar-refractivity contribution in [3.05, 3.63) is 11.3 Å². The van der Waals surface area contributed by atoms with Crippen molar-refractivity contribution in [1.82, 2.24) is 0 Å².